The summed E-state index contributed by atoms with van der Waals surface area (Å²) in [5.41, 5.74) is 8.70. The molecule has 4 nitrogen and oxygen atoms in total. The topological polar surface area (TPSA) is 53.1 Å². The minimum Gasteiger partial charge on any atom is -0.399 e. The molecule has 0 bridgehead atoms. The number of aryl methyl sites for hydroxylation is 1. The predicted molar refractivity (Wildman–Crippen MR) is 67.8 cm³/mol. The van der Waals surface area contributed by atoms with Crippen LogP contribution in [0, 0.1) is 12.8 Å². The van der Waals surface area contributed by atoms with Gasteiger partial charge in [0.1, 0.15) is 5.82 Å². The number of aromatic nitrogens is 2. The molecule has 2 aromatic rings. The molecule has 1 unspecified atom stereocenters. The van der Waals surface area contributed by atoms with Crippen LogP contribution in [0.3, 0.4) is 0 Å². The molecule has 1 saturated heterocycles. The van der Waals surface area contributed by atoms with Crippen molar-refractivity contribution < 1.29 is 4.74 Å². The first-order chi connectivity index (χ1) is 8.24. The molecule has 3 rings (SSSR count). The first-order valence-corrected chi connectivity index (χ1v) is 6.04. The Bertz CT molecular complexity index is 541. The van der Waals surface area contributed by atoms with Crippen LogP contribution in [0.1, 0.15) is 12.2 Å². The third-order valence-corrected chi connectivity index (χ3v) is 3.43. The van der Waals surface area contributed by atoms with Crippen molar-refractivity contribution in [3.8, 4) is 0 Å². The van der Waals surface area contributed by atoms with E-state index in [-0.39, 0.29) is 0 Å². The highest BCUT2D eigenvalue weighted by atomic mass is 16.5. The number of nitrogens with zero attached hydrogens (tertiary/aromatic N) is 2. The minimum absolute atomic E-state index is 0.614. The molecule has 0 aliphatic carbocycles. The van der Waals surface area contributed by atoms with Crippen LogP contribution in [0.15, 0.2) is 18.2 Å². The Morgan fingerprint density at radius 3 is 3.18 bits per heavy atom. The average molecular weight is 231 g/mol. The second-order valence-electron chi connectivity index (χ2n) is 4.75. The van der Waals surface area contributed by atoms with Crippen molar-refractivity contribution in [1.29, 1.82) is 0 Å². The summed E-state index contributed by atoms with van der Waals surface area (Å²) in [6, 6.07) is 5.93. The van der Waals surface area contributed by atoms with E-state index in [2.05, 4.69) is 15.6 Å². The van der Waals surface area contributed by atoms with Gasteiger partial charge in [0.25, 0.3) is 0 Å². The van der Waals surface area contributed by atoms with Gasteiger partial charge in [-0.25, -0.2) is 4.98 Å². The van der Waals surface area contributed by atoms with Crippen LogP contribution in [0.2, 0.25) is 0 Å². The number of rotatable bonds is 2. The highest BCUT2D eigenvalue weighted by Crippen LogP contribution is 2.22. The zero-order valence-electron chi connectivity index (χ0n) is 10.0. The Morgan fingerprint density at radius 1 is 1.53 bits per heavy atom. The van der Waals surface area contributed by atoms with E-state index in [4.69, 9.17) is 10.5 Å². The molecule has 1 aliphatic heterocycles. The lowest BCUT2D eigenvalue weighted by Gasteiger charge is -2.11. The molecule has 0 radical (unpaired) electrons. The van der Waals surface area contributed by atoms with Gasteiger partial charge in [-0.1, -0.05) is 0 Å². The summed E-state index contributed by atoms with van der Waals surface area (Å²) in [6.45, 7) is 4.80. The maximum absolute atomic E-state index is 5.78. The Morgan fingerprint density at radius 2 is 2.41 bits per heavy atom. The SMILES string of the molecule is Cc1nc2cc(N)ccc2n1CC1CCOC1. The lowest BCUT2D eigenvalue weighted by Crippen LogP contribution is -2.11. The van der Waals surface area contributed by atoms with Crippen molar-refractivity contribution in [2.45, 2.75) is 19.9 Å². The molecular formula is C13H17N3O. The van der Waals surface area contributed by atoms with Gasteiger partial charge in [0, 0.05) is 24.8 Å². The minimum atomic E-state index is 0.614. The summed E-state index contributed by atoms with van der Waals surface area (Å²) in [4.78, 5) is 4.56. The summed E-state index contributed by atoms with van der Waals surface area (Å²) in [7, 11) is 0. The van der Waals surface area contributed by atoms with Gasteiger partial charge < -0.3 is 15.0 Å². The molecule has 90 valence electrons. The highest BCUT2D eigenvalue weighted by molar-refractivity contribution is 5.79. The molecule has 1 atom stereocenters. The largest absolute Gasteiger partial charge is 0.399 e. The number of anilines is 1. The average Bonchev–Trinajstić information content (AvgIpc) is 2.88. The molecule has 0 saturated carbocycles. The summed E-state index contributed by atoms with van der Waals surface area (Å²) in [5, 5.41) is 0. The van der Waals surface area contributed by atoms with Crippen LogP contribution in [0.4, 0.5) is 5.69 Å². The molecule has 17 heavy (non-hydrogen) atoms. The van der Waals surface area contributed by atoms with Crippen LogP contribution in [-0.4, -0.2) is 22.8 Å². The van der Waals surface area contributed by atoms with E-state index in [1.54, 1.807) is 0 Å². The maximum atomic E-state index is 5.78. The van der Waals surface area contributed by atoms with Gasteiger partial charge in [-0.15, -0.1) is 0 Å². The van der Waals surface area contributed by atoms with E-state index in [1.807, 2.05) is 19.1 Å². The fraction of sp³-hybridized carbons (Fsp3) is 0.462. The third-order valence-electron chi connectivity index (χ3n) is 3.43. The number of benzene rings is 1. The summed E-state index contributed by atoms with van der Waals surface area (Å²) >= 11 is 0. The highest BCUT2D eigenvalue weighted by Gasteiger charge is 2.18. The number of imidazole rings is 1. The van der Waals surface area contributed by atoms with E-state index in [0.717, 1.165) is 43.2 Å². The van der Waals surface area contributed by atoms with Crippen molar-refractivity contribution in [1.82, 2.24) is 9.55 Å². The maximum Gasteiger partial charge on any atom is 0.106 e. The van der Waals surface area contributed by atoms with Crippen LogP contribution >= 0.6 is 0 Å². The van der Waals surface area contributed by atoms with Crippen molar-refractivity contribution in [2.24, 2.45) is 5.92 Å². The van der Waals surface area contributed by atoms with E-state index < -0.39 is 0 Å². The standard InChI is InChI=1S/C13H17N3O/c1-9-15-12-6-11(14)2-3-13(12)16(9)7-10-4-5-17-8-10/h2-3,6,10H,4-5,7-8,14H2,1H3. The second-order valence-corrected chi connectivity index (χ2v) is 4.75. The second kappa shape index (κ2) is 4.04. The number of nitrogen functional groups attached to an aromatic ring is 1. The lowest BCUT2D eigenvalue weighted by molar-refractivity contribution is 0.182. The van der Waals surface area contributed by atoms with Gasteiger partial charge in [0.05, 0.1) is 17.6 Å². The van der Waals surface area contributed by atoms with E-state index in [1.165, 1.54) is 5.52 Å². The Kier molecular flexibility index (Phi) is 2.52. The Labute approximate surface area is 100 Å². The number of hydrogen-bond donors (Lipinski definition) is 1. The molecule has 2 heterocycles. The molecule has 1 fully saturated rings. The Balaban J connectivity index is 1.99. The van der Waals surface area contributed by atoms with E-state index in [9.17, 15) is 0 Å². The lowest BCUT2D eigenvalue weighted by atomic mass is 10.1. The fourth-order valence-corrected chi connectivity index (χ4v) is 2.48. The quantitative estimate of drug-likeness (QED) is 0.804. The van der Waals surface area contributed by atoms with Crippen molar-refractivity contribution in [2.75, 3.05) is 18.9 Å². The van der Waals surface area contributed by atoms with E-state index in [0.29, 0.717) is 5.92 Å². The molecule has 0 spiro atoms. The fourth-order valence-electron chi connectivity index (χ4n) is 2.48. The molecule has 0 amide bonds. The summed E-state index contributed by atoms with van der Waals surface area (Å²) in [5.74, 6) is 1.67. The van der Waals surface area contributed by atoms with E-state index >= 15 is 0 Å². The number of hydrogen-bond acceptors (Lipinski definition) is 3. The van der Waals surface area contributed by atoms with Crippen molar-refractivity contribution in [3.05, 3.63) is 24.0 Å². The van der Waals surface area contributed by atoms with Gasteiger partial charge in [-0.05, 0) is 31.5 Å². The van der Waals surface area contributed by atoms with Crippen LogP contribution in [0.5, 0.6) is 0 Å². The third kappa shape index (κ3) is 1.89. The zero-order chi connectivity index (χ0) is 11.8. The normalized spacial score (nSPS) is 20.2. The predicted octanol–water partition coefficient (Wildman–Crippen LogP) is 1.96. The van der Waals surface area contributed by atoms with Crippen LogP contribution in [-0.2, 0) is 11.3 Å². The summed E-state index contributed by atoms with van der Waals surface area (Å²) < 4.78 is 7.70. The smallest absolute Gasteiger partial charge is 0.106 e. The van der Waals surface area contributed by atoms with Crippen LogP contribution in [0.25, 0.3) is 11.0 Å². The van der Waals surface area contributed by atoms with Gasteiger partial charge in [0.2, 0.25) is 0 Å². The zero-order valence-corrected chi connectivity index (χ0v) is 10.0. The van der Waals surface area contributed by atoms with Gasteiger partial charge in [-0.3, -0.25) is 0 Å². The van der Waals surface area contributed by atoms with Crippen molar-refractivity contribution in [3.63, 3.8) is 0 Å². The number of ether oxygens (including phenoxy) is 1. The Hall–Kier alpha value is -1.55. The molecule has 4 heteroatoms. The monoisotopic (exact) mass is 231 g/mol. The first kappa shape index (κ1) is 10.6. The summed E-state index contributed by atoms with van der Waals surface area (Å²) in [6.07, 6.45) is 1.15. The molecule has 1 aromatic heterocycles. The van der Waals surface area contributed by atoms with Gasteiger partial charge in [-0.2, -0.15) is 0 Å². The molecular weight excluding hydrogens is 214 g/mol. The van der Waals surface area contributed by atoms with Gasteiger partial charge >= 0.3 is 0 Å². The van der Waals surface area contributed by atoms with Crippen molar-refractivity contribution >= 4 is 16.7 Å². The number of nitrogens with two attached hydrogens (primary N) is 1. The van der Waals surface area contributed by atoms with Gasteiger partial charge in [0.15, 0.2) is 0 Å². The first-order valence-electron chi connectivity index (χ1n) is 6.04. The number of fused-ring (bicyclic) bond motifs is 1. The van der Waals surface area contributed by atoms with Crippen LogP contribution < -0.4 is 5.73 Å². The molecule has 1 aliphatic rings. The molecule has 1 aromatic carbocycles. The molecule has 2 N–H and O–H groups in total.